The molecule has 1 heterocycles. The van der Waals surface area contributed by atoms with E-state index in [-0.39, 0.29) is 11.5 Å². The largest absolute Gasteiger partial charge is 0.388 e. The zero-order chi connectivity index (χ0) is 13.1. The highest BCUT2D eigenvalue weighted by molar-refractivity contribution is 7.91. The van der Waals surface area contributed by atoms with Gasteiger partial charge in [0.2, 0.25) is 0 Å². The van der Waals surface area contributed by atoms with Crippen molar-refractivity contribution in [2.45, 2.75) is 32.8 Å². The van der Waals surface area contributed by atoms with Crippen molar-refractivity contribution < 1.29 is 13.5 Å². The van der Waals surface area contributed by atoms with E-state index >= 15 is 0 Å². The van der Waals surface area contributed by atoms with Crippen molar-refractivity contribution in [3.05, 3.63) is 17.5 Å². The van der Waals surface area contributed by atoms with Gasteiger partial charge in [-0.1, -0.05) is 6.92 Å². The molecule has 0 aliphatic heterocycles. The molecular formula is C11H20N2O3S. The maximum absolute atomic E-state index is 11.3. The van der Waals surface area contributed by atoms with Gasteiger partial charge in [-0.15, -0.1) is 0 Å². The van der Waals surface area contributed by atoms with Crippen LogP contribution in [0.2, 0.25) is 0 Å². The van der Waals surface area contributed by atoms with Crippen LogP contribution in [0.15, 0.2) is 6.20 Å². The lowest BCUT2D eigenvalue weighted by atomic mass is 10.1. The predicted molar refractivity (Wildman–Crippen MR) is 66.5 cm³/mol. The van der Waals surface area contributed by atoms with Gasteiger partial charge < -0.3 is 5.11 Å². The minimum Gasteiger partial charge on any atom is -0.388 e. The molecule has 0 spiro atoms. The molecule has 0 saturated carbocycles. The summed E-state index contributed by atoms with van der Waals surface area (Å²) in [6.45, 7) is 3.47. The fourth-order valence-corrected chi connectivity index (χ4v) is 2.64. The first-order valence-corrected chi connectivity index (χ1v) is 7.56. The van der Waals surface area contributed by atoms with E-state index in [4.69, 9.17) is 0 Å². The second-order valence-corrected chi connectivity index (χ2v) is 6.71. The van der Waals surface area contributed by atoms with Crippen LogP contribution in [0.25, 0.3) is 0 Å². The maximum Gasteiger partial charge on any atom is 0.150 e. The van der Waals surface area contributed by atoms with Crippen LogP contribution in [0.1, 0.15) is 37.1 Å². The third kappa shape index (κ3) is 4.12. The summed E-state index contributed by atoms with van der Waals surface area (Å²) >= 11 is 0. The van der Waals surface area contributed by atoms with Crippen molar-refractivity contribution in [3.63, 3.8) is 0 Å². The van der Waals surface area contributed by atoms with Gasteiger partial charge in [-0.3, -0.25) is 4.68 Å². The Bertz CT molecular complexity index is 465. The molecule has 0 aromatic carbocycles. The van der Waals surface area contributed by atoms with Crippen molar-refractivity contribution in [1.82, 2.24) is 9.78 Å². The number of hydrogen-bond donors (Lipinski definition) is 1. The average Bonchev–Trinajstić information content (AvgIpc) is 2.57. The van der Waals surface area contributed by atoms with Crippen LogP contribution >= 0.6 is 0 Å². The summed E-state index contributed by atoms with van der Waals surface area (Å²) in [5, 5.41) is 14.1. The summed E-state index contributed by atoms with van der Waals surface area (Å²) in [5.41, 5.74) is 1.57. The van der Waals surface area contributed by atoms with Crippen molar-refractivity contribution in [1.29, 1.82) is 0 Å². The van der Waals surface area contributed by atoms with Crippen LogP contribution in [-0.2, 0) is 16.9 Å². The van der Waals surface area contributed by atoms with Crippen molar-refractivity contribution in [3.8, 4) is 0 Å². The number of aromatic nitrogens is 2. The van der Waals surface area contributed by atoms with E-state index in [1.807, 2.05) is 6.92 Å². The minimum atomic E-state index is -2.93. The monoisotopic (exact) mass is 260 g/mol. The Hall–Kier alpha value is -0.880. The number of aliphatic hydroxyl groups is 1. The first-order chi connectivity index (χ1) is 7.85. The van der Waals surface area contributed by atoms with Crippen LogP contribution in [0.5, 0.6) is 0 Å². The zero-order valence-corrected chi connectivity index (χ0v) is 11.4. The Morgan fingerprint density at radius 2 is 2.18 bits per heavy atom. The molecule has 17 heavy (non-hydrogen) atoms. The summed E-state index contributed by atoms with van der Waals surface area (Å²) in [5.74, 6) is 0.300. The molecule has 1 atom stereocenters. The number of rotatable bonds is 6. The Balaban J connectivity index is 2.51. The van der Waals surface area contributed by atoms with E-state index < -0.39 is 15.9 Å². The first kappa shape index (κ1) is 14.2. The van der Waals surface area contributed by atoms with Gasteiger partial charge in [0.25, 0.3) is 0 Å². The molecule has 98 valence electrons. The molecule has 0 bridgehead atoms. The number of aryl methyl sites for hydroxylation is 2. The lowest BCUT2D eigenvalue weighted by Gasteiger charge is -2.09. The zero-order valence-electron chi connectivity index (χ0n) is 10.5. The highest BCUT2D eigenvalue weighted by Gasteiger charge is 2.15. The second-order valence-electron chi connectivity index (χ2n) is 4.24. The molecule has 1 N–H and O–H groups in total. The van der Waals surface area contributed by atoms with Crippen LogP contribution in [0.4, 0.5) is 0 Å². The molecular weight excluding hydrogens is 240 g/mol. The smallest absolute Gasteiger partial charge is 0.150 e. The fourth-order valence-electron chi connectivity index (χ4n) is 1.74. The molecule has 1 rings (SSSR count). The van der Waals surface area contributed by atoms with E-state index in [1.54, 1.807) is 24.9 Å². The number of sulfone groups is 1. The molecule has 6 heteroatoms. The van der Waals surface area contributed by atoms with Gasteiger partial charge >= 0.3 is 0 Å². The lowest BCUT2D eigenvalue weighted by molar-refractivity contribution is 0.166. The number of aliphatic hydroxyl groups excluding tert-OH is 1. The molecule has 0 amide bonds. The molecule has 1 aromatic rings. The predicted octanol–water partition coefficient (Wildman–Crippen LogP) is 0.977. The molecule has 0 radical (unpaired) electrons. The third-order valence-electron chi connectivity index (χ3n) is 2.78. The molecule has 0 saturated heterocycles. The van der Waals surface area contributed by atoms with Gasteiger partial charge in [-0.25, -0.2) is 8.42 Å². The quantitative estimate of drug-likeness (QED) is 0.827. The van der Waals surface area contributed by atoms with Crippen molar-refractivity contribution in [2.24, 2.45) is 7.05 Å². The van der Waals surface area contributed by atoms with Crippen LogP contribution in [0, 0.1) is 6.92 Å². The minimum absolute atomic E-state index is 0.139. The Morgan fingerprint density at radius 1 is 1.53 bits per heavy atom. The highest BCUT2D eigenvalue weighted by Crippen LogP contribution is 2.21. The van der Waals surface area contributed by atoms with E-state index in [9.17, 15) is 13.5 Å². The Morgan fingerprint density at radius 3 is 2.65 bits per heavy atom. The molecule has 0 aliphatic rings. The average molecular weight is 260 g/mol. The normalized spacial score (nSPS) is 13.9. The van der Waals surface area contributed by atoms with Gasteiger partial charge in [0.1, 0.15) is 9.84 Å². The lowest BCUT2D eigenvalue weighted by Crippen LogP contribution is -2.10. The summed E-state index contributed by atoms with van der Waals surface area (Å²) in [7, 11) is -1.14. The first-order valence-electron chi connectivity index (χ1n) is 5.74. The molecule has 0 fully saturated rings. The van der Waals surface area contributed by atoms with Gasteiger partial charge in [0, 0.05) is 24.6 Å². The van der Waals surface area contributed by atoms with Crippen LogP contribution < -0.4 is 0 Å². The standard InChI is InChI=1S/C11H20N2O3S/c1-4-17(15,16)7-5-6-11(14)10-8-13(3)12-9(10)2/h8,11,14H,4-7H2,1-3H3. The summed E-state index contributed by atoms with van der Waals surface area (Å²) < 4.78 is 24.2. The van der Waals surface area contributed by atoms with Gasteiger partial charge in [-0.2, -0.15) is 5.10 Å². The molecule has 1 unspecified atom stereocenters. The topological polar surface area (TPSA) is 72.2 Å². The van der Waals surface area contributed by atoms with E-state index in [1.165, 1.54) is 0 Å². The van der Waals surface area contributed by atoms with Crippen LogP contribution in [-0.4, -0.2) is 34.8 Å². The van der Waals surface area contributed by atoms with Crippen LogP contribution in [0.3, 0.4) is 0 Å². The van der Waals surface area contributed by atoms with Gasteiger partial charge in [0.05, 0.1) is 17.6 Å². The van der Waals surface area contributed by atoms with E-state index in [2.05, 4.69) is 5.10 Å². The highest BCUT2D eigenvalue weighted by atomic mass is 32.2. The maximum atomic E-state index is 11.3. The molecule has 0 aliphatic carbocycles. The SMILES string of the molecule is CCS(=O)(=O)CCCC(O)c1cn(C)nc1C. The third-order valence-corrected chi connectivity index (χ3v) is 4.57. The summed E-state index contributed by atoms with van der Waals surface area (Å²) in [6.07, 6.45) is 2.07. The fraction of sp³-hybridized carbons (Fsp3) is 0.727. The van der Waals surface area contributed by atoms with Gasteiger partial charge in [-0.05, 0) is 19.8 Å². The van der Waals surface area contributed by atoms with E-state index in [0.717, 1.165) is 11.3 Å². The summed E-state index contributed by atoms with van der Waals surface area (Å²) in [6, 6.07) is 0. The van der Waals surface area contributed by atoms with E-state index in [0.29, 0.717) is 12.8 Å². The van der Waals surface area contributed by atoms with Gasteiger partial charge in [0.15, 0.2) is 0 Å². The number of hydrogen-bond acceptors (Lipinski definition) is 4. The number of nitrogens with zero attached hydrogens (tertiary/aromatic N) is 2. The van der Waals surface area contributed by atoms with Crippen molar-refractivity contribution in [2.75, 3.05) is 11.5 Å². The molecule has 5 nitrogen and oxygen atoms in total. The Kier molecular flexibility index (Phi) is 4.70. The summed E-state index contributed by atoms with van der Waals surface area (Å²) in [4.78, 5) is 0. The second kappa shape index (κ2) is 5.64. The Labute approximate surface area is 102 Å². The molecule has 1 aromatic heterocycles. The van der Waals surface area contributed by atoms with Crippen molar-refractivity contribution >= 4 is 9.84 Å².